The lowest BCUT2D eigenvalue weighted by atomic mass is 9.95. The highest BCUT2D eigenvalue weighted by atomic mass is 16.2. The van der Waals surface area contributed by atoms with Crippen molar-refractivity contribution < 1.29 is 4.79 Å². The van der Waals surface area contributed by atoms with E-state index in [2.05, 4.69) is 21.6 Å². The van der Waals surface area contributed by atoms with Crippen molar-refractivity contribution in [2.75, 3.05) is 52.4 Å². The summed E-state index contributed by atoms with van der Waals surface area (Å²) in [6, 6.07) is 0. The van der Waals surface area contributed by atoms with Crippen molar-refractivity contribution in [3.8, 4) is 0 Å². The minimum Gasteiger partial charge on any atom is -0.342 e. The van der Waals surface area contributed by atoms with E-state index in [9.17, 15) is 4.79 Å². The molecule has 4 nitrogen and oxygen atoms in total. The number of hydrogen-bond acceptors (Lipinski definition) is 3. The van der Waals surface area contributed by atoms with E-state index in [-0.39, 0.29) is 5.92 Å². The van der Waals surface area contributed by atoms with Crippen molar-refractivity contribution in [2.45, 2.75) is 33.6 Å². The van der Waals surface area contributed by atoms with Crippen LogP contribution in [0.3, 0.4) is 0 Å². The van der Waals surface area contributed by atoms with Gasteiger partial charge in [0.2, 0.25) is 5.91 Å². The Bertz CT molecular complexity index is 303. The van der Waals surface area contributed by atoms with E-state index in [0.29, 0.717) is 5.91 Å². The average molecular weight is 281 g/mol. The van der Waals surface area contributed by atoms with Crippen molar-refractivity contribution >= 4 is 5.91 Å². The summed E-state index contributed by atoms with van der Waals surface area (Å²) in [4.78, 5) is 19.2. The maximum atomic E-state index is 12.0. The quantitative estimate of drug-likeness (QED) is 0.782. The molecule has 0 saturated carbocycles. The smallest absolute Gasteiger partial charge is 0.225 e. The molecule has 2 aliphatic rings. The Morgan fingerprint density at radius 1 is 1.00 bits per heavy atom. The van der Waals surface area contributed by atoms with Crippen LogP contribution in [0, 0.1) is 11.8 Å². The average Bonchev–Trinajstić information content (AvgIpc) is 2.48. The van der Waals surface area contributed by atoms with E-state index in [4.69, 9.17) is 0 Å². The fourth-order valence-electron chi connectivity index (χ4n) is 3.35. The first-order chi connectivity index (χ1) is 9.60. The third kappa shape index (κ3) is 4.19. The second-order valence-electron chi connectivity index (χ2n) is 6.66. The summed E-state index contributed by atoms with van der Waals surface area (Å²) in [5.41, 5.74) is 0. The lowest BCUT2D eigenvalue weighted by Gasteiger charge is -2.39. The number of piperidine rings is 1. The van der Waals surface area contributed by atoms with Crippen molar-refractivity contribution in [2.24, 2.45) is 11.8 Å². The van der Waals surface area contributed by atoms with Gasteiger partial charge in [0.1, 0.15) is 0 Å². The van der Waals surface area contributed by atoms with Crippen LogP contribution in [0.4, 0.5) is 0 Å². The molecule has 0 aliphatic carbocycles. The highest BCUT2D eigenvalue weighted by Crippen LogP contribution is 2.20. The summed E-state index contributed by atoms with van der Waals surface area (Å²) in [6.07, 6.45) is 2.37. The first-order valence-electron chi connectivity index (χ1n) is 8.33. The topological polar surface area (TPSA) is 26.8 Å². The van der Waals surface area contributed by atoms with Gasteiger partial charge in [-0.15, -0.1) is 0 Å². The van der Waals surface area contributed by atoms with Crippen LogP contribution in [0.2, 0.25) is 0 Å². The number of nitrogens with zero attached hydrogens (tertiary/aromatic N) is 3. The standard InChI is InChI=1S/C16H31N3O/c1-4-17-9-11-18(12-10-17)13-15-5-7-19(8-6-15)16(20)14(2)3/h14-15H,4-13H2,1-3H3. The fraction of sp³-hybridized carbons (Fsp3) is 0.938. The summed E-state index contributed by atoms with van der Waals surface area (Å²) in [5, 5.41) is 0. The van der Waals surface area contributed by atoms with Gasteiger partial charge in [0.25, 0.3) is 0 Å². The van der Waals surface area contributed by atoms with Gasteiger partial charge in [0.05, 0.1) is 0 Å². The molecular formula is C16H31N3O. The SMILES string of the molecule is CCN1CCN(CC2CCN(C(=O)C(C)C)CC2)CC1. The summed E-state index contributed by atoms with van der Waals surface area (Å²) in [6.45, 7) is 15.5. The Morgan fingerprint density at radius 3 is 2.05 bits per heavy atom. The lowest BCUT2D eigenvalue weighted by molar-refractivity contribution is -0.135. The molecule has 0 bridgehead atoms. The van der Waals surface area contributed by atoms with Crippen LogP contribution in [0.1, 0.15) is 33.6 Å². The molecule has 2 rings (SSSR count). The van der Waals surface area contributed by atoms with Crippen molar-refractivity contribution in [1.29, 1.82) is 0 Å². The van der Waals surface area contributed by atoms with Crippen molar-refractivity contribution in [1.82, 2.24) is 14.7 Å². The predicted octanol–water partition coefficient (Wildman–Crippen LogP) is 1.52. The van der Waals surface area contributed by atoms with E-state index >= 15 is 0 Å². The maximum Gasteiger partial charge on any atom is 0.225 e. The van der Waals surface area contributed by atoms with Gasteiger partial charge in [-0.3, -0.25) is 4.79 Å². The molecular weight excluding hydrogens is 250 g/mol. The molecule has 0 aromatic carbocycles. The third-order valence-electron chi connectivity index (χ3n) is 4.85. The van der Waals surface area contributed by atoms with Crippen LogP contribution in [-0.2, 0) is 4.79 Å². The molecule has 2 heterocycles. The second kappa shape index (κ2) is 7.41. The monoisotopic (exact) mass is 281 g/mol. The number of amides is 1. The summed E-state index contributed by atoms with van der Waals surface area (Å²) >= 11 is 0. The van der Waals surface area contributed by atoms with Crippen LogP contribution >= 0.6 is 0 Å². The van der Waals surface area contributed by atoms with E-state index in [1.807, 2.05) is 13.8 Å². The normalized spacial score (nSPS) is 23.5. The third-order valence-corrected chi connectivity index (χ3v) is 4.85. The molecule has 0 N–H and O–H groups in total. The van der Waals surface area contributed by atoms with Gasteiger partial charge in [-0.25, -0.2) is 0 Å². The van der Waals surface area contributed by atoms with E-state index < -0.39 is 0 Å². The second-order valence-corrected chi connectivity index (χ2v) is 6.66. The highest BCUT2D eigenvalue weighted by Gasteiger charge is 2.26. The molecule has 20 heavy (non-hydrogen) atoms. The Labute approximate surface area is 124 Å². The molecule has 1 amide bonds. The van der Waals surface area contributed by atoms with Crippen molar-refractivity contribution in [3.63, 3.8) is 0 Å². The van der Waals surface area contributed by atoms with Crippen LogP contribution in [0.5, 0.6) is 0 Å². The molecule has 0 aromatic heterocycles. The van der Waals surface area contributed by atoms with Gasteiger partial charge >= 0.3 is 0 Å². The molecule has 2 fully saturated rings. The first kappa shape index (κ1) is 15.8. The molecule has 2 saturated heterocycles. The molecule has 2 aliphatic heterocycles. The van der Waals surface area contributed by atoms with E-state index in [0.717, 1.165) is 19.0 Å². The van der Waals surface area contributed by atoms with Gasteiger partial charge in [-0.2, -0.15) is 0 Å². The van der Waals surface area contributed by atoms with Crippen LogP contribution in [-0.4, -0.2) is 73.0 Å². The number of hydrogen-bond donors (Lipinski definition) is 0. The van der Waals surface area contributed by atoms with Crippen LogP contribution in [0.25, 0.3) is 0 Å². The lowest BCUT2D eigenvalue weighted by Crippen LogP contribution is -2.49. The molecule has 0 aromatic rings. The fourth-order valence-corrected chi connectivity index (χ4v) is 3.35. The zero-order valence-corrected chi connectivity index (χ0v) is 13.5. The van der Waals surface area contributed by atoms with Gasteiger partial charge in [-0.1, -0.05) is 20.8 Å². The number of rotatable bonds is 4. The number of likely N-dealkylation sites (tertiary alicyclic amines) is 1. The molecule has 0 spiro atoms. The van der Waals surface area contributed by atoms with E-state index in [1.54, 1.807) is 0 Å². The highest BCUT2D eigenvalue weighted by molar-refractivity contribution is 5.78. The minimum atomic E-state index is 0.147. The molecule has 116 valence electrons. The van der Waals surface area contributed by atoms with Crippen molar-refractivity contribution in [3.05, 3.63) is 0 Å². The van der Waals surface area contributed by atoms with Crippen LogP contribution in [0.15, 0.2) is 0 Å². The Balaban J connectivity index is 1.68. The molecule has 0 atom stereocenters. The summed E-state index contributed by atoms with van der Waals surface area (Å²) in [5.74, 6) is 1.27. The number of carbonyl (C=O) groups is 1. The number of piperazine rings is 1. The largest absolute Gasteiger partial charge is 0.342 e. The maximum absolute atomic E-state index is 12.0. The number of carbonyl (C=O) groups excluding carboxylic acids is 1. The molecule has 4 heteroatoms. The van der Waals surface area contributed by atoms with Gasteiger partial charge in [0.15, 0.2) is 0 Å². The summed E-state index contributed by atoms with van der Waals surface area (Å²) in [7, 11) is 0. The predicted molar refractivity (Wildman–Crippen MR) is 82.7 cm³/mol. The Hall–Kier alpha value is -0.610. The molecule has 0 radical (unpaired) electrons. The minimum absolute atomic E-state index is 0.147. The Morgan fingerprint density at radius 2 is 1.55 bits per heavy atom. The summed E-state index contributed by atoms with van der Waals surface area (Å²) < 4.78 is 0. The molecule has 0 unspecified atom stereocenters. The Kier molecular flexibility index (Phi) is 5.85. The number of likely N-dealkylation sites (N-methyl/N-ethyl adjacent to an activating group) is 1. The zero-order chi connectivity index (χ0) is 14.5. The van der Waals surface area contributed by atoms with Gasteiger partial charge < -0.3 is 14.7 Å². The van der Waals surface area contributed by atoms with Gasteiger partial charge in [-0.05, 0) is 25.3 Å². The zero-order valence-electron chi connectivity index (χ0n) is 13.5. The van der Waals surface area contributed by atoms with Gasteiger partial charge in [0, 0.05) is 51.7 Å². The van der Waals surface area contributed by atoms with Crippen LogP contribution < -0.4 is 0 Å². The van der Waals surface area contributed by atoms with E-state index in [1.165, 1.54) is 52.1 Å². The first-order valence-corrected chi connectivity index (χ1v) is 8.33.